The first-order chi connectivity index (χ1) is 14.8. The van der Waals surface area contributed by atoms with Crippen LogP contribution in [0, 0.1) is 0 Å². The highest BCUT2D eigenvalue weighted by Gasteiger charge is 2.43. The van der Waals surface area contributed by atoms with Crippen LogP contribution in [0.3, 0.4) is 0 Å². The van der Waals surface area contributed by atoms with Gasteiger partial charge in [-0.15, -0.1) is 24.5 Å². The van der Waals surface area contributed by atoms with Gasteiger partial charge >= 0.3 is 5.97 Å². The minimum atomic E-state index is -3.86. The molecule has 3 rings (SSSR count). The van der Waals surface area contributed by atoms with Crippen molar-refractivity contribution in [3.05, 3.63) is 41.8 Å². The van der Waals surface area contributed by atoms with Gasteiger partial charge in [-0.3, -0.25) is 4.90 Å². The van der Waals surface area contributed by atoms with Gasteiger partial charge in [0.05, 0.1) is 25.4 Å². The first-order valence-corrected chi connectivity index (χ1v) is 12.6. The molecule has 0 N–H and O–H groups in total. The van der Waals surface area contributed by atoms with Crippen molar-refractivity contribution in [1.29, 1.82) is 0 Å². The lowest BCUT2D eigenvalue weighted by Crippen LogP contribution is -2.47. The lowest BCUT2D eigenvalue weighted by Gasteiger charge is -2.36. The van der Waals surface area contributed by atoms with E-state index in [0.29, 0.717) is 45.7 Å². The summed E-state index contributed by atoms with van der Waals surface area (Å²) in [6.45, 7) is 12.7. The number of piperidine rings is 1. The van der Waals surface area contributed by atoms with Gasteiger partial charge in [0.1, 0.15) is 4.21 Å². The molecule has 2 aliphatic heterocycles. The molecule has 2 fully saturated rings. The van der Waals surface area contributed by atoms with Crippen molar-refractivity contribution in [2.24, 2.45) is 0 Å². The van der Waals surface area contributed by atoms with E-state index in [1.54, 1.807) is 25.1 Å². The number of carbonyl (C=O) groups excluding carboxylic acids is 1. The van der Waals surface area contributed by atoms with E-state index in [1.807, 2.05) is 0 Å². The summed E-state index contributed by atoms with van der Waals surface area (Å²) in [5.74, 6) is -1.30. The summed E-state index contributed by atoms with van der Waals surface area (Å²) in [5, 5.41) is 0. The van der Waals surface area contributed by atoms with E-state index < -0.39 is 21.8 Å². The number of ether oxygens (including phenoxy) is 3. The van der Waals surface area contributed by atoms with Gasteiger partial charge < -0.3 is 14.2 Å². The van der Waals surface area contributed by atoms with Crippen molar-refractivity contribution >= 4 is 27.3 Å². The van der Waals surface area contributed by atoms with Crippen molar-refractivity contribution < 1.29 is 27.4 Å². The first-order valence-electron chi connectivity index (χ1n) is 10.4. The number of esters is 1. The lowest BCUT2D eigenvalue weighted by atomic mass is 10.1. The van der Waals surface area contributed by atoms with Gasteiger partial charge in [-0.1, -0.05) is 12.2 Å². The summed E-state index contributed by atoms with van der Waals surface area (Å²) in [6.07, 6.45) is 4.48. The van der Waals surface area contributed by atoms with Crippen molar-refractivity contribution in [3.8, 4) is 0 Å². The van der Waals surface area contributed by atoms with Gasteiger partial charge in [-0.2, -0.15) is 4.31 Å². The fourth-order valence-electron chi connectivity index (χ4n) is 3.80. The van der Waals surface area contributed by atoms with Crippen LogP contribution in [0.1, 0.15) is 35.0 Å². The van der Waals surface area contributed by atoms with Crippen LogP contribution in [0.25, 0.3) is 0 Å². The second-order valence-corrected chi connectivity index (χ2v) is 10.7. The molecule has 31 heavy (non-hydrogen) atoms. The molecule has 0 unspecified atom stereocenters. The van der Waals surface area contributed by atoms with Crippen LogP contribution in [0.5, 0.6) is 0 Å². The Morgan fingerprint density at radius 2 is 1.87 bits per heavy atom. The minimum Gasteiger partial charge on any atom is -0.462 e. The average Bonchev–Trinajstić information content (AvgIpc) is 3.37. The van der Waals surface area contributed by atoms with E-state index in [1.165, 1.54) is 4.31 Å². The van der Waals surface area contributed by atoms with Crippen LogP contribution in [0.15, 0.2) is 35.6 Å². The average molecular weight is 471 g/mol. The van der Waals surface area contributed by atoms with E-state index in [4.69, 9.17) is 14.2 Å². The molecule has 8 nitrogen and oxygen atoms in total. The van der Waals surface area contributed by atoms with Crippen molar-refractivity contribution in [2.75, 3.05) is 46.0 Å². The van der Waals surface area contributed by atoms with Crippen molar-refractivity contribution in [1.82, 2.24) is 9.21 Å². The molecule has 1 aromatic heterocycles. The second-order valence-electron chi connectivity index (χ2n) is 7.42. The van der Waals surface area contributed by atoms with Crippen LogP contribution >= 0.6 is 11.3 Å². The summed E-state index contributed by atoms with van der Waals surface area (Å²) in [7, 11) is -3.86. The molecule has 3 heterocycles. The molecule has 0 aliphatic carbocycles. The van der Waals surface area contributed by atoms with Crippen LogP contribution in [0.4, 0.5) is 0 Å². The molecule has 10 heteroatoms. The molecule has 0 amide bonds. The highest BCUT2D eigenvalue weighted by atomic mass is 32.2. The van der Waals surface area contributed by atoms with Crippen molar-refractivity contribution in [3.63, 3.8) is 0 Å². The van der Waals surface area contributed by atoms with E-state index in [2.05, 4.69) is 18.1 Å². The second kappa shape index (κ2) is 10.4. The molecule has 172 valence electrons. The van der Waals surface area contributed by atoms with Crippen LogP contribution in [-0.4, -0.2) is 75.4 Å². The van der Waals surface area contributed by atoms with Gasteiger partial charge in [0, 0.05) is 50.4 Å². The SMILES string of the molecule is C=CCN(CC=C)Cc1cc(C(=O)OCC)c(S(=O)(=O)N2CCC3(CC2)OCCO3)s1. The molecular weight excluding hydrogens is 440 g/mol. The van der Waals surface area contributed by atoms with E-state index >= 15 is 0 Å². The zero-order valence-corrected chi connectivity index (χ0v) is 19.5. The maximum Gasteiger partial charge on any atom is 0.340 e. The van der Waals surface area contributed by atoms with Gasteiger partial charge in [0.2, 0.25) is 0 Å². The predicted octanol–water partition coefficient (Wildman–Crippen LogP) is 2.63. The minimum absolute atomic E-state index is 0.0299. The van der Waals surface area contributed by atoms with Gasteiger partial charge in [0.15, 0.2) is 5.79 Å². The summed E-state index contributed by atoms with van der Waals surface area (Å²) < 4.78 is 44.9. The molecular formula is C21H30N2O6S2. The predicted molar refractivity (Wildman–Crippen MR) is 119 cm³/mol. The summed E-state index contributed by atoms with van der Waals surface area (Å²) in [4.78, 5) is 15.4. The Morgan fingerprint density at radius 3 is 2.42 bits per heavy atom. The quantitative estimate of drug-likeness (QED) is 0.384. The van der Waals surface area contributed by atoms with Gasteiger partial charge in [-0.25, -0.2) is 13.2 Å². The third-order valence-corrected chi connectivity index (χ3v) is 8.80. The van der Waals surface area contributed by atoms with Gasteiger partial charge in [0.25, 0.3) is 10.0 Å². The van der Waals surface area contributed by atoms with Crippen LogP contribution in [0.2, 0.25) is 0 Å². The number of hydrogen-bond donors (Lipinski definition) is 0. The molecule has 0 bridgehead atoms. The molecule has 0 saturated carbocycles. The third kappa shape index (κ3) is 5.44. The molecule has 0 atom stereocenters. The lowest BCUT2D eigenvalue weighted by molar-refractivity contribution is -0.179. The van der Waals surface area contributed by atoms with E-state index in [0.717, 1.165) is 16.2 Å². The van der Waals surface area contributed by atoms with Crippen LogP contribution in [-0.2, 0) is 30.8 Å². The number of nitrogens with zero attached hydrogens (tertiary/aromatic N) is 2. The number of thiophene rings is 1. The maximum atomic E-state index is 13.5. The monoisotopic (exact) mass is 470 g/mol. The Morgan fingerprint density at radius 1 is 1.26 bits per heavy atom. The number of hydrogen-bond acceptors (Lipinski definition) is 8. The number of carbonyl (C=O) groups is 1. The number of rotatable bonds is 10. The fraction of sp³-hybridized carbons (Fsp3) is 0.571. The smallest absolute Gasteiger partial charge is 0.340 e. The molecule has 1 spiro atoms. The Kier molecular flexibility index (Phi) is 8.06. The summed E-state index contributed by atoms with van der Waals surface area (Å²) >= 11 is 1.11. The van der Waals surface area contributed by atoms with Gasteiger partial charge in [-0.05, 0) is 13.0 Å². The standard InChI is InChI=1S/C21H30N2O6S2/c1-4-9-22(10-5-2)16-17-15-18(19(24)27-6-3)20(30-17)31(25,26)23-11-7-21(8-12-23)28-13-14-29-21/h4-5,15H,1-2,6-14,16H2,3H3. The molecule has 2 saturated heterocycles. The summed E-state index contributed by atoms with van der Waals surface area (Å²) in [5.41, 5.74) is 0.0904. The van der Waals surface area contributed by atoms with E-state index in [9.17, 15) is 13.2 Å². The Labute approximate surface area is 188 Å². The molecule has 2 aliphatic rings. The highest BCUT2D eigenvalue weighted by Crippen LogP contribution is 2.36. The molecule has 0 aromatic carbocycles. The first kappa shape index (κ1) is 24.1. The normalized spacial score (nSPS) is 19.0. The summed E-state index contributed by atoms with van der Waals surface area (Å²) in [6, 6.07) is 1.63. The van der Waals surface area contributed by atoms with E-state index in [-0.39, 0.29) is 29.5 Å². The topological polar surface area (TPSA) is 85.4 Å². The Hall–Kier alpha value is -1.56. The molecule has 0 radical (unpaired) electrons. The largest absolute Gasteiger partial charge is 0.462 e. The maximum absolute atomic E-state index is 13.5. The number of sulfonamides is 1. The Bertz CT molecular complexity index is 885. The zero-order valence-electron chi connectivity index (χ0n) is 17.9. The highest BCUT2D eigenvalue weighted by molar-refractivity contribution is 7.91. The third-order valence-electron chi connectivity index (χ3n) is 5.27. The Balaban J connectivity index is 1.86. The molecule has 1 aromatic rings. The zero-order chi connectivity index (χ0) is 22.5. The fourth-order valence-corrected chi connectivity index (χ4v) is 7.09. The van der Waals surface area contributed by atoms with Crippen molar-refractivity contribution in [2.45, 2.75) is 36.3 Å². The van der Waals surface area contributed by atoms with Crippen LogP contribution < -0.4 is 0 Å².